The molecule has 0 aromatic carbocycles. The highest BCUT2D eigenvalue weighted by atomic mass is 32.1. The van der Waals surface area contributed by atoms with E-state index in [-0.39, 0.29) is 11.3 Å². The largest absolute Gasteiger partial charge is 0.320 e. The van der Waals surface area contributed by atoms with Gasteiger partial charge in [-0.2, -0.15) is 4.99 Å². The maximum Gasteiger partial charge on any atom is 0.254 e. The number of aromatic nitrogens is 1. The molecule has 5 fully saturated rings. The van der Waals surface area contributed by atoms with Gasteiger partial charge in [-0.15, -0.1) is 11.3 Å². The number of amides is 1. The molecule has 0 saturated heterocycles. The molecule has 6 rings (SSSR count). The fourth-order valence-electron chi connectivity index (χ4n) is 6.41. The molecular weight excluding hydrogens is 328 g/mol. The lowest BCUT2D eigenvalue weighted by Gasteiger charge is -2.55. The van der Waals surface area contributed by atoms with E-state index in [1.54, 1.807) is 11.3 Å². The molecule has 0 unspecified atom stereocenters. The maximum atomic E-state index is 13.3. The van der Waals surface area contributed by atoms with Gasteiger partial charge in [0.25, 0.3) is 5.91 Å². The summed E-state index contributed by atoms with van der Waals surface area (Å²) in [5.74, 6) is 3.43. The molecule has 1 amide bonds. The van der Waals surface area contributed by atoms with Crippen molar-refractivity contribution >= 4 is 17.2 Å². The van der Waals surface area contributed by atoms with Gasteiger partial charge in [0.1, 0.15) is 0 Å². The SMILES string of the molecule is Cc1s/c(=N\C(=O)C23CC4CC(CC(C4)C2)C3)n(CC2CCC2)c1C. The molecule has 1 aromatic heterocycles. The number of thiazole rings is 1. The highest BCUT2D eigenvalue weighted by Crippen LogP contribution is 2.60. The average molecular weight is 359 g/mol. The van der Waals surface area contributed by atoms with E-state index < -0.39 is 0 Å². The molecule has 136 valence electrons. The highest BCUT2D eigenvalue weighted by molar-refractivity contribution is 7.09. The third-order valence-electron chi connectivity index (χ3n) is 7.74. The van der Waals surface area contributed by atoms with Crippen molar-refractivity contribution < 1.29 is 4.79 Å². The van der Waals surface area contributed by atoms with Gasteiger partial charge in [0.2, 0.25) is 0 Å². The lowest BCUT2D eigenvalue weighted by atomic mass is 9.49. The Labute approximate surface area is 154 Å². The van der Waals surface area contributed by atoms with Gasteiger partial charge in [0.05, 0.1) is 5.41 Å². The molecule has 4 heteroatoms. The van der Waals surface area contributed by atoms with Crippen LogP contribution in [0.4, 0.5) is 0 Å². The van der Waals surface area contributed by atoms with Crippen molar-refractivity contribution in [2.45, 2.75) is 78.2 Å². The van der Waals surface area contributed by atoms with Crippen LogP contribution in [0.25, 0.3) is 0 Å². The predicted octanol–water partition coefficient (Wildman–Crippen LogP) is 4.61. The Morgan fingerprint density at radius 2 is 1.72 bits per heavy atom. The Bertz CT molecular complexity index is 732. The minimum Gasteiger partial charge on any atom is -0.320 e. The van der Waals surface area contributed by atoms with Crippen molar-refractivity contribution in [3.05, 3.63) is 15.4 Å². The average Bonchev–Trinajstić information content (AvgIpc) is 2.76. The van der Waals surface area contributed by atoms with E-state index in [1.165, 1.54) is 49.1 Å². The number of hydrogen-bond donors (Lipinski definition) is 0. The van der Waals surface area contributed by atoms with Crippen molar-refractivity contribution in [1.82, 2.24) is 4.57 Å². The summed E-state index contributed by atoms with van der Waals surface area (Å²) >= 11 is 1.73. The van der Waals surface area contributed by atoms with Crippen LogP contribution in [0.1, 0.15) is 68.4 Å². The molecule has 5 aliphatic carbocycles. The van der Waals surface area contributed by atoms with E-state index in [4.69, 9.17) is 4.99 Å². The molecule has 0 aliphatic heterocycles. The van der Waals surface area contributed by atoms with E-state index in [0.29, 0.717) is 0 Å². The lowest BCUT2D eigenvalue weighted by Crippen LogP contribution is -2.50. The first-order valence-corrected chi connectivity index (χ1v) is 11.1. The second kappa shape index (κ2) is 5.80. The minimum absolute atomic E-state index is 0.102. The Hall–Kier alpha value is -0.900. The molecule has 3 nitrogen and oxygen atoms in total. The first-order valence-electron chi connectivity index (χ1n) is 10.3. The summed E-state index contributed by atoms with van der Waals surface area (Å²) in [5, 5.41) is 0. The Balaban J connectivity index is 1.47. The third kappa shape index (κ3) is 2.67. The smallest absolute Gasteiger partial charge is 0.254 e. The number of rotatable bonds is 3. The van der Waals surface area contributed by atoms with Crippen molar-refractivity contribution in [3.8, 4) is 0 Å². The number of nitrogens with zero attached hydrogens (tertiary/aromatic N) is 2. The van der Waals surface area contributed by atoms with Gasteiger partial charge < -0.3 is 4.57 Å². The van der Waals surface area contributed by atoms with Crippen LogP contribution in [0.2, 0.25) is 0 Å². The van der Waals surface area contributed by atoms with Gasteiger partial charge in [0, 0.05) is 17.1 Å². The lowest BCUT2D eigenvalue weighted by molar-refractivity contribution is -0.142. The van der Waals surface area contributed by atoms with Crippen LogP contribution in [-0.2, 0) is 11.3 Å². The zero-order valence-corrected chi connectivity index (χ0v) is 16.4. The summed E-state index contributed by atoms with van der Waals surface area (Å²) in [6.45, 7) is 5.42. The molecule has 0 N–H and O–H groups in total. The summed E-state index contributed by atoms with van der Waals surface area (Å²) in [4.78, 5) is 20.4. The molecular formula is C21H30N2OS. The van der Waals surface area contributed by atoms with Gasteiger partial charge in [-0.25, -0.2) is 0 Å². The molecule has 1 aromatic rings. The zero-order valence-electron chi connectivity index (χ0n) is 15.6. The topological polar surface area (TPSA) is 34.4 Å². The van der Waals surface area contributed by atoms with Gasteiger partial charge in [0.15, 0.2) is 4.80 Å². The summed E-state index contributed by atoms with van der Waals surface area (Å²) in [6, 6.07) is 0. The number of aryl methyl sites for hydroxylation is 1. The van der Waals surface area contributed by atoms with Gasteiger partial charge in [-0.3, -0.25) is 4.79 Å². The second-order valence-corrected chi connectivity index (χ2v) is 10.7. The monoisotopic (exact) mass is 358 g/mol. The minimum atomic E-state index is -0.102. The summed E-state index contributed by atoms with van der Waals surface area (Å²) in [5.41, 5.74) is 1.21. The van der Waals surface area contributed by atoms with Crippen LogP contribution in [0, 0.1) is 42.9 Å². The normalized spacial score (nSPS) is 37.5. The summed E-state index contributed by atoms with van der Waals surface area (Å²) in [7, 11) is 0. The van der Waals surface area contributed by atoms with Crippen LogP contribution >= 0.6 is 11.3 Å². The maximum absolute atomic E-state index is 13.3. The summed E-state index contributed by atoms with van der Waals surface area (Å²) < 4.78 is 2.35. The van der Waals surface area contributed by atoms with E-state index in [2.05, 4.69) is 18.4 Å². The Morgan fingerprint density at radius 1 is 1.12 bits per heavy atom. The van der Waals surface area contributed by atoms with E-state index in [9.17, 15) is 4.79 Å². The fourth-order valence-corrected chi connectivity index (χ4v) is 7.39. The van der Waals surface area contributed by atoms with Crippen molar-refractivity contribution in [1.29, 1.82) is 0 Å². The third-order valence-corrected chi connectivity index (χ3v) is 8.84. The molecule has 0 atom stereocenters. The fraction of sp³-hybridized carbons (Fsp3) is 0.810. The molecule has 0 radical (unpaired) electrons. The number of carbonyl (C=O) groups excluding carboxylic acids is 1. The first-order chi connectivity index (χ1) is 12.0. The van der Waals surface area contributed by atoms with Crippen LogP contribution in [-0.4, -0.2) is 10.5 Å². The van der Waals surface area contributed by atoms with E-state index in [0.717, 1.165) is 54.3 Å². The molecule has 1 heterocycles. The molecule has 0 spiro atoms. The second-order valence-electron chi connectivity index (χ2n) is 9.55. The molecule has 5 aliphatic rings. The van der Waals surface area contributed by atoms with Crippen molar-refractivity contribution in [2.75, 3.05) is 0 Å². The Kier molecular flexibility index (Phi) is 3.78. The molecule has 5 saturated carbocycles. The standard InChI is InChI=1S/C21H30N2OS/c1-13-14(2)25-20(23(13)12-15-4-3-5-15)22-19(24)21-9-16-6-17(10-21)8-18(7-16)11-21/h15-18H,3-12H2,1-2H3/b22-20-. The quantitative estimate of drug-likeness (QED) is 0.777. The van der Waals surface area contributed by atoms with Crippen LogP contribution < -0.4 is 4.80 Å². The number of carbonyl (C=O) groups is 1. The van der Waals surface area contributed by atoms with Crippen LogP contribution in [0.15, 0.2) is 4.99 Å². The molecule has 4 bridgehead atoms. The van der Waals surface area contributed by atoms with Gasteiger partial charge >= 0.3 is 0 Å². The van der Waals surface area contributed by atoms with E-state index in [1.807, 2.05) is 0 Å². The van der Waals surface area contributed by atoms with Crippen LogP contribution in [0.5, 0.6) is 0 Å². The first kappa shape index (κ1) is 16.3. The highest BCUT2D eigenvalue weighted by Gasteiger charge is 2.54. The molecule has 25 heavy (non-hydrogen) atoms. The Morgan fingerprint density at radius 3 is 2.24 bits per heavy atom. The van der Waals surface area contributed by atoms with Gasteiger partial charge in [-0.05, 0) is 88.9 Å². The van der Waals surface area contributed by atoms with Crippen molar-refractivity contribution in [3.63, 3.8) is 0 Å². The predicted molar refractivity (Wildman–Crippen MR) is 100 cm³/mol. The number of hydrogen-bond acceptors (Lipinski definition) is 2. The zero-order chi connectivity index (χ0) is 17.2. The van der Waals surface area contributed by atoms with Gasteiger partial charge in [-0.1, -0.05) is 6.42 Å². The van der Waals surface area contributed by atoms with Crippen molar-refractivity contribution in [2.24, 2.45) is 34.1 Å². The van der Waals surface area contributed by atoms with Crippen LogP contribution in [0.3, 0.4) is 0 Å². The summed E-state index contributed by atoms with van der Waals surface area (Å²) in [6.07, 6.45) is 11.5. The van der Waals surface area contributed by atoms with E-state index >= 15 is 0 Å².